The Morgan fingerprint density at radius 2 is 1.92 bits per heavy atom. The second-order valence-electron chi connectivity index (χ2n) is 5.13. The molecule has 0 spiro atoms. The molecule has 3 N–H and O–H groups in total. The van der Waals surface area contributed by atoms with Crippen LogP contribution in [0.25, 0.3) is 0 Å². The molecule has 1 unspecified atom stereocenters. The Morgan fingerprint density at radius 1 is 1.17 bits per heavy atom. The Hall–Kier alpha value is -1.42. The van der Waals surface area contributed by atoms with Crippen LogP contribution in [0.3, 0.4) is 0 Å². The van der Waals surface area contributed by atoms with Crippen molar-refractivity contribution in [1.82, 2.24) is 15.4 Å². The molecule has 2 aromatic rings. The third-order valence-electron chi connectivity index (χ3n) is 3.30. The van der Waals surface area contributed by atoms with E-state index in [0.29, 0.717) is 29.2 Å². The maximum absolute atomic E-state index is 12.0. The van der Waals surface area contributed by atoms with Crippen LogP contribution < -0.4 is 15.4 Å². The molecule has 132 valence electrons. The van der Waals surface area contributed by atoms with Crippen molar-refractivity contribution in [2.45, 2.75) is 17.1 Å². The minimum atomic E-state index is -3.41. The molecule has 0 aromatic carbocycles. The summed E-state index contributed by atoms with van der Waals surface area (Å²) in [6, 6.07) is 7.47. The van der Waals surface area contributed by atoms with Gasteiger partial charge in [0.05, 0.1) is 0 Å². The van der Waals surface area contributed by atoms with Crippen molar-refractivity contribution in [3.63, 3.8) is 0 Å². The predicted molar refractivity (Wildman–Crippen MR) is 102 cm³/mol. The summed E-state index contributed by atoms with van der Waals surface area (Å²) < 4.78 is 26.9. The highest BCUT2D eigenvalue weighted by Crippen LogP contribution is 2.19. The lowest BCUT2D eigenvalue weighted by molar-refractivity contribution is 0.582. The number of aliphatic imine (C=N–C) groups is 1. The molecule has 6 nitrogen and oxygen atoms in total. The van der Waals surface area contributed by atoms with Gasteiger partial charge in [-0.25, -0.2) is 13.1 Å². The molecule has 24 heavy (non-hydrogen) atoms. The lowest BCUT2D eigenvalue weighted by Gasteiger charge is -2.15. The summed E-state index contributed by atoms with van der Waals surface area (Å²) in [5, 5.41) is 10.2. The highest BCUT2D eigenvalue weighted by atomic mass is 32.2. The van der Waals surface area contributed by atoms with Gasteiger partial charge in [-0.2, -0.15) is 0 Å². The molecule has 0 fully saturated rings. The van der Waals surface area contributed by atoms with Gasteiger partial charge >= 0.3 is 0 Å². The summed E-state index contributed by atoms with van der Waals surface area (Å²) in [5.41, 5.74) is 0. The second-order valence-corrected chi connectivity index (χ2v) is 9.05. The maximum atomic E-state index is 12.0. The number of guanidine groups is 1. The lowest BCUT2D eigenvalue weighted by atomic mass is 10.1. The van der Waals surface area contributed by atoms with Crippen LogP contribution >= 0.6 is 22.7 Å². The van der Waals surface area contributed by atoms with Gasteiger partial charge in [0.1, 0.15) is 4.21 Å². The molecule has 0 aliphatic heterocycles. The molecule has 0 saturated carbocycles. The van der Waals surface area contributed by atoms with Crippen molar-refractivity contribution in [2.24, 2.45) is 4.99 Å². The fraction of sp³-hybridized carbons (Fsp3) is 0.400. The van der Waals surface area contributed by atoms with Crippen molar-refractivity contribution in [3.05, 3.63) is 39.9 Å². The van der Waals surface area contributed by atoms with Crippen LogP contribution in [0, 0.1) is 0 Å². The highest BCUT2D eigenvalue weighted by molar-refractivity contribution is 7.91. The lowest BCUT2D eigenvalue weighted by Crippen LogP contribution is -2.42. The standard InChI is InChI=1S/C15H22N4O2S3/c1-12(13-5-3-9-22-13)11-18-15(16-2)17-7-8-19-24(20,21)14-6-4-10-23-14/h3-6,9-10,12,19H,7-8,11H2,1-2H3,(H2,16,17,18). The zero-order chi connectivity index (χ0) is 17.4. The van der Waals surface area contributed by atoms with Gasteiger partial charge in [0, 0.05) is 37.5 Å². The fourth-order valence-electron chi connectivity index (χ4n) is 2.00. The fourth-order valence-corrected chi connectivity index (χ4v) is 4.85. The largest absolute Gasteiger partial charge is 0.356 e. The van der Waals surface area contributed by atoms with Crippen LogP contribution in [0.2, 0.25) is 0 Å². The molecule has 0 aliphatic rings. The zero-order valence-corrected chi connectivity index (χ0v) is 16.1. The third kappa shape index (κ3) is 5.59. The number of hydrogen-bond donors (Lipinski definition) is 3. The van der Waals surface area contributed by atoms with Crippen molar-refractivity contribution in [2.75, 3.05) is 26.7 Å². The van der Waals surface area contributed by atoms with Gasteiger partial charge in [-0.1, -0.05) is 19.1 Å². The zero-order valence-electron chi connectivity index (χ0n) is 13.7. The Kier molecular flexibility index (Phi) is 7.22. The number of sulfonamides is 1. The van der Waals surface area contributed by atoms with Crippen LogP contribution in [0.5, 0.6) is 0 Å². The molecule has 2 aromatic heterocycles. The Balaban J connectivity index is 1.70. The van der Waals surface area contributed by atoms with Gasteiger partial charge in [0.2, 0.25) is 10.0 Å². The van der Waals surface area contributed by atoms with Gasteiger partial charge in [-0.3, -0.25) is 4.99 Å². The van der Waals surface area contributed by atoms with E-state index in [1.165, 1.54) is 16.2 Å². The number of thiophene rings is 2. The van der Waals surface area contributed by atoms with Crippen molar-refractivity contribution in [1.29, 1.82) is 0 Å². The van der Waals surface area contributed by atoms with E-state index in [1.54, 1.807) is 35.9 Å². The van der Waals surface area contributed by atoms with Gasteiger partial charge < -0.3 is 10.6 Å². The van der Waals surface area contributed by atoms with Crippen LogP contribution in [0.4, 0.5) is 0 Å². The number of nitrogens with one attached hydrogen (secondary N) is 3. The second kappa shape index (κ2) is 9.16. The van der Waals surface area contributed by atoms with E-state index < -0.39 is 10.0 Å². The first-order chi connectivity index (χ1) is 11.5. The van der Waals surface area contributed by atoms with Crippen LogP contribution in [-0.4, -0.2) is 41.1 Å². The SMILES string of the molecule is CN=C(NCCNS(=O)(=O)c1cccs1)NCC(C)c1cccs1. The smallest absolute Gasteiger partial charge is 0.250 e. The molecular formula is C15H22N4O2S3. The van der Waals surface area contributed by atoms with Crippen molar-refractivity contribution < 1.29 is 8.42 Å². The van der Waals surface area contributed by atoms with Gasteiger partial charge in [0.15, 0.2) is 5.96 Å². The molecule has 9 heteroatoms. The molecule has 0 aliphatic carbocycles. The number of rotatable bonds is 8. The Bertz CT molecular complexity index is 725. The van der Waals surface area contributed by atoms with Crippen molar-refractivity contribution in [3.8, 4) is 0 Å². The van der Waals surface area contributed by atoms with E-state index in [0.717, 1.165) is 6.54 Å². The van der Waals surface area contributed by atoms with Crippen molar-refractivity contribution >= 4 is 38.7 Å². The summed E-state index contributed by atoms with van der Waals surface area (Å²) >= 11 is 2.94. The maximum Gasteiger partial charge on any atom is 0.250 e. The molecule has 2 rings (SSSR count). The summed E-state index contributed by atoms with van der Waals surface area (Å²) in [6.07, 6.45) is 0. The predicted octanol–water partition coefficient (Wildman–Crippen LogP) is 2.06. The van der Waals surface area contributed by atoms with Crippen LogP contribution in [0.15, 0.2) is 44.2 Å². The van der Waals surface area contributed by atoms with Gasteiger partial charge in [-0.05, 0) is 22.9 Å². The minimum Gasteiger partial charge on any atom is -0.356 e. The first-order valence-electron chi connectivity index (χ1n) is 7.54. The molecule has 0 radical (unpaired) electrons. The first kappa shape index (κ1) is 18.9. The van der Waals surface area contributed by atoms with E-state index in [4.69, 9.17) is 0 Å². The van der Waals surface area contributed by atoms with E-state index >= 15 is 0 Å². The number of hydrogen-bond acceptors (Lipinski definition) is 5. The molecule has 1 atom stereocenters. The van der Waals surface area contributed by atoms with Crippen LogP contribution in [0.1, 0.15) is 17.7 Å². The summed E-state index contributed by atoms with van der Waals surface area (Å²) in [4.78, 5) is 5.47. The molecule has 0 amide bonds. The third-order valence-corrected chi connectivity index (χ3v) is 7.26. The molecule has 0 saturated heterocycles. The molecular weight excluding hydrogens is 364 g/mol. The number of nitrogens with zero attached hydrogens (tertiary/aromatic N) is 1. The quantitative estimate of drug-likeness (QED) is 0.368. The Morgan fingerprint density at radius 3 is 2.54 bits per heavy atom. The van der Waals surface area contributed by atoms with E-state index in [2.05, 4.69) is 38.7 Å². The molecule has 2 heterocycles. The topological polar surface area (TPSA) is 82.6 Å². The Labute approximate surface area is 151 Å². The first-order valence-corrected chi connectivity index (χ1v) is 10.8. The molecule has 0 bridgehead atoms. The monoisotopic (exact) mass is 386 g/mol. The van der Waals surface area contributed by atoms with Crippen LogP contribution in [-0.2, 0) is 10.0 Å². The van der Waals surface area contributed by atoms with E-state index in [9.17, 15) is 8.42 Å². The van der Waals surface area contributed by atoms with E-state index in [1.807, 2.05) is 6.07 Å². The van der Waals surface area contributed by atoms with E-state index in [-0.39, 0.29) is 0 Å². The van der Waals surface area contributed by atoms with Gasteiger partial charge in [0.25, 0.3) is 0 Å². The normalized spacial score (nSPS) is 13.7. The summed E-state index contributed by atoms with van der Waals surface area (Å²) in [5.74, 6) is 1.05. The average molecular weight is 387 g/mol. The average Bonchev–Trinajstić information content (AvgIpc) is 3.27. The summed E-state index contributed by atoms with van der Waals surface area (Å²) in [6.45, 7) is 3.67. The van der Waals surface area contributed by atoms with Gasteiger partial charge in [-0.15, -0.1) is 22.7 Å². The highest BCUT2D eigenvalue weighted by Gasteiger charge is 2.14. The summed E-state index contributed by atoms with van der Waals surface area (Å²) in [7, 11) is -1.71. The minimum absolute atomic E-state index is 0.293.